The number of sulfone groups is 1. The van der Waals surface area contributed by atoms with Crippen LogP contribution in [0.15, 0.2) is 34.2 Å². The Hall–Kier alpha value is -1.36. The maximum Gasteiger partial charge on any atom is 0.244 e. The number of likely N-dealkylation sites (tertiary alicyclic amines) is 1. The van der Waals surface area contributed by atoms with Crippen molar-refractivity contribution in [1.29, 1.82) is 0 Å². The second kappa shape index (κ2) is 12.3. The van der Waals surface area contributed by atoms with Crippen LogP contribution in [-0.2, 0) is 21.1 Å². The molecule has 0 atom stereocenters. The van der Waals surface area contributed by atoms with Crippen LogP contribution in [0.5, 0.6) is 0 Å². The molecule has 1 aliphatic heterocycles. The molecule has 158 valence electrons. The monoisotopic (exact) mass is 522 g/mol. The number of piperidine rings is 1. The smallest absolute Gasteiger partial charge is 0.244 e. The summed E-state index contributed by atoms with van der Waals surface area (Å²) < 4.78 is 23.0. The minimum Gasteiger partial charge on any atom is -0.357 e. The molecule has 2 N–H and O–H groups in total. The number of hydrogen-bond donors (Lipinski definition) is 2. The summed E-state index contributed by atoms with van der Waals surface area (Å²) in [5.41, 5.74) is 1.04. The normalized spacial score (nSPS) is 14.9. The first-order valence-corrected chi connectivity index (χ1v) is 11.4. The number of aliphatic imine (C=N–C) groups is 1. The zero-order valence-electron chi connectivity index (χ0n) is 16.6. The summed E-state index contributed by atoms with van der Waals surface area (Å²) in [6.45, 7) is 5.16. The summed E-state index contributed by atoms with van der Waals surface area (Å²) in [5, 5.41) is 6.37. The maximum atomic E-state index is 12.2. The lowest BCUT2D eigenvalue weighted by molar-refractivity contribution is -0.130. The molecule has 0 unspecified atom stereocenters. The Kier molecular flexibility index (Phi) is 10.8. The molecule has 28 heavy (non-hydrogen) atoms. The molecule has 1 fully saturated rings. The molecule has 1 amide bonds. The highest BCUT2D eigenvalue weighted by molar-refractivity contribution is 14.0. The number of hydrogen-bond acceptors (Lipinski definition) is 4. The molecular weight excluding hydrogens is 491 g/mol. The fraction of sp³-hybridized carbons (Fsp3) is 0.579. The highest BCUT2D eigenvalue weighted by Gasteiger charge is 2.15. The van der Waals surface area contributed by atoms with E-state index in [9.17, 15) is 13.2 Å². The van der Waals surface area contributed by atoms with Crippen LogP contribution in [0, 0.1) is 0 Å². The van der Waals surface area contributed by atoms with Crippen molar-refractivity contribution in [2.24, 2.45) is 4.99 Å². The lowest BCUT2D eigenvalue weighted by Crippen LogP contribution is -2.41. The number of guanidine groups is 1. The van der Waals surface area contributed by atoms with Crippen LogP contribution in [0.4, 0.5) is 0 Å². The van der Waals surface area contributed by atoms with Crippen LogP contribution in [0.2, 0.25) is 0 Å². The predicted octanol–water partition coefficient (Wildman–Crippen LogP) is 1.82. The van der Waals surface area contributed by atoms with Gasteiger partial charge < -0.3 is 15.5 Å². The summed E-state index contributed by atoms with van der Waals surface area (Å²) in [5.74, 6) is 0.693. The number of rotatable bonds is 7. The minimum atomic E-state index is -3.17. The van der Waals surface area contributed by atoms with E-state index in [2.05, 4.69) is 15.6 Å². The largest absolute Gasteiger partial charge is 0.357 e. The molecule has 7 nitrogen and oxygen atoms in total. The van der Waals surface area contributed by atoms with Gasteiger partial charge in [0.2, 0.25) is 5.91 Å². The van der Waals surface area contributed by atoms with Crippen LogP contribution < -0.4 is 10.6 Å². The van der Waals surface area contributed by atoms with E-state index in [1.54, 1.807) is 12.1 Å². The fourth-order valence-electron chi connectivity index (χ4n) is 2.96. The summed E-state index contributed by atoms with van der Waals surface area (Å²) in [6, 6.07) is 6.90. The molecule has 1 heterocycles. The van der Waals surface area contributed by atoms with Gasteiger partial charge in [-0.1, -0.05) is 12.1 Å². The van der Waals surface area contributed by atoms with E-state index in [1.807, 2.05) is 24.0 Å². The third kappa shape index (κ3) is 8.34. The van der Waals surface area contributed by atoms with Crippen molar-refractivity contribution in [2.75, 3.05) is 39.0 Å². The fourth-order valence-corrected chi connectivity index (χ4v) is 3.59. The highest BCUT2D eigenvalue weighted by atomic mass is 127. The quantitative estimate of drug-likeness (QED) is 0.324. The first-order chi connectivity index (χ1) is 12.9. The van der Waals surface area contributed by atoms with Crippen LogP contribution in [0.3, 0.4) is 0 Å². The third-order valence-corrected chi connectivity index (χ3v) is 5.61. The second-order valence-electron chi connectivity index (χ2n) is 6.73. The molecule has 0 bridgehead atoms. The number of carbonyl (C=O) groups is 1. The zero-order valence-corrected chi connectivity index (χ0v) is 19.8. The van der Waals surface area contributed by atoms with Crippen molar-refractivity contribution >= 4 is 45.7 Å². The topological polar surface area (TPSA) is 90.9 Å². The Morgan fingerprint density at radius 1 is 1.11 bits per heavy atom. The number of amides is 1. The zero-order chi connectivity index (χ0) is 19.7. The van der Waals surface area contributed by atoms with Gasteiger partial charge >= 0.3 is 0 Å². The first kappa shape index (κ1) is 24.7. The van der Waals surface area contributed by atoms with E-state index in [4.69, 9.17) is 0 Å². The van der Waals surface area contributed by atoms with Gasteiger partial charge in [-0.05, 0) is 50.3 Å². The Morgan fingerprint density at radius 2 is 1.75 bits per heavy atom. The van der Waals surface area contributed by atoms with Gasteiger partial charge in [-0.15, -0.1) is 24.0 Å². The number of carbonyl (C=O) groups excluding carboxylic acids is 1. The summed E-state index contributed by atoms with van der Waals surface area (Å²) in [4.78, 5) is 18.8. The van der Waals surface area contributed by atoms with Gasteiger partial charge in [0.05, 0.1) is 4.90 Å². The van der Waals surface area contributed by atoms with Crippen LogP contribution in [-0.4, -0.2) is 64.2 Å². The van der Waals surface area contributed by atoms with Crippen molar-refractivity contribution in [2.45, 2.75) is 37.5 Å². The van der Waals surface area contributed by atoms with E-state index < -0.39 is 9.84 Å². The molecule has 0 spiro atoms. The van der Waals surface area contributed by atoms with Gasteiger partial charge in [-0.2, -0.15) is 0 Å². The average Bonchev–Trinajstić information content (AvgIpc) is 2.66. The first-order valence-electron chi connectivity index (χ1n) is 9.49. The molecular formula is C19H31IN4O3S. The molecule has 0 radical (unpaired) electrons. The average molecular weight is 522 g/mol. The number of nitrogens with one attached hydrogen (secondary N) is 2. The van der Waals surface area contributed by atoms with Crippen molar-refractivity contribution in [3.63, 3.8) is 0 Å². The number of halogens is 1. The van der Waals surface area contributed by atoms with Crippen molar-refractivity contribution in [3.8, 4) is 0 Å². The molecule has 1 aromatic carbocycles. The van der Waals surface area contributed by atoms with Crippen LogP contribution in [0.25, 0.3) is 0 Å². The van der Waals surface area contributed by atoms with E-state index in [-0.39, 0.29) is 36.4 Å². The summed E-state index contributed by atoms with van der Waals surface area (Å²) >= 11 is 0. The molecule has 1 aliphatic rings. The molecule has 0 aromatic heterocycles. The molecule has 1 aromatic rings. The van der Waals surface area contributed by atoms with Crippen molar-refractivity contribution in [1.82, 2.24) is 15.5 Å². The van der Waals surface area contributed by atoms with E-state index >= 15 is 0 Å². The third-order valence-electron chi connectivity index (χ3n) is 4.48. The minimum absolute atomic E-state index is 0. The van der Waals surface area contributed by atoms with Gasteiger partial charge in [0, 0.05) is 32.4 Å². The Balaban J connectivity index is 0.00000392. The number of nitrogens with zero attached hydrogens (tertiary/aromatic N) is 2. The second-order valence-corrected chi connectivity index (χ2v) is 8.75. The van der Waals surface area contributed by atoms with Gasteiger partial charge in [-0.25, -0.2) is 13.4 Å². The Morgan fingerprint density at radius 3 is 2.32 bits per heavy atom. The van der Waals surface area contributed by atoms with Gasteiger partial charge in [0.15, 0.2) is 15.8 Å². The molecule has 2 rings (SSSR count). The highest BCUT2D eigenvalue weighted by Crippen LogP contribution is 2.10. The van der Waals surface area contributed by atoms with Gasteiger partial charge in [0.1, 0.15) is 6.54 Å². The molecule has 0 saturated carbocycles. The standard InChI is InChI=1S/C19H30N4O3S.HI/c1-3-20-19(22-15-18(24)23-13-5-4-6-14-23)21-12-11-16-7-9-17(10-8-16)27(2,25)26;/h7-10H,3-6,11-15H2,1-2H3,(H2,20,21,22);1H. The number of benzene rings is 1. The maximum absolute atomic E-state index is 12.2. The molecule has 1 saturated heterocycles. The van der Waals surface area contributed by atoms with E-state index in [0.29, 0.717) is 23.9 Å². The predicted molar refractivity (Wildman–Crippen MR) is 123 cm³/mol. The molecule has 0 aliphatic carbocycles. The SMILES string of the molecule is CCNC(=NCC(=O)N1CCCCC1)NCCc1ccc(S(C)(=O)=O)cc1.I. The van der Waals surface area contributed by atoms with Crippen LogP contribution in [0.1, 0.15) is 31.7 Å². The van der Waals surface area contributed by atoms with Crippen molar-refractivity contribution in [3.05, 3.63) is 29.8 Å². The lowest BCUT2D eigenvalue weighted by Gasteiger charge is -2.26. The van der Waals surface area contributed by atoms with Gasteiger partial charge in [-0.3, -0.25) is 4.79 Å². The van der Waals surface area contributed by atoms with Crippen molar-refractivity contribution < 1.29 is 13.2 Å². The Bertz CT molecular complexity index is 745. The van der Waals surface area contributed by atoms with Gasteiger partial charge in [0.25, 0.3) is 0 Å². The van der Waals surface area contributed by atoms with E-state index in [1.165, 1.54) is 12.7 Å². The summed E-state index contributed by atoms with van der Waals surface area (Å²) in [6.07, 6.45) is 5.28. The Labute approximate surface area is 185 Å². The van der Waals surface area contributed by atoms with Crippen LogP contribution >= 0.6 is 24.0 Å². The summed E-state index contributed by atoms with van der Waals surface area (Å²) in [7, 11) is -3.17. The van der Waals surface area contributed by atoms with E-state index in [0.717, 1.165) is 37.9 Å². The molecule has 9 heteroatoms. The lowest BCUT2D eigenvalue weighted by atomic mass is 10.1.